The van der Waals surface area contributed by atoms with Crippen LogP contribution in [0.1, 0.15) is 23.6 Å². The molecule has 1 aliphatic carbocycles. The first-order valence-corrected chi connectivity index (χ1v) is 8.84. The molecule has 0 aromatic heterocycles. The average molecular weight is 339 g/mol. The number of benzene rings is 2. The molecule has 4 rings (SSSR count). The van der Waals surface area contributed by atoms with Crippen LogP contribution in [0.25, 0.3) is 0 Å². The fraction of sp³-hybridized carbons (Fsp3) is 0.350. The third-order valence-electron chi connectivity index (χ3n) is 5.19. The summed E-state index contributed by atoms with van der Waals surface area (Å²) in [5, 5.41) is 3.19. The Morgan fingerprint density at radius 3 is 2.48 bits per heavy atom. The van der Waals surface area contributed by atoms with Gasteiger partial charge in [0.15, 0.2) is 0 Å². The lowest BCUT2D eigenvalue weighted by atomic mass is 10.1. The van der Waals surface area contributed by atoms with Crippen molar-refractivity contribution in [3.8, 4) is 0 Å². The van der Waals surface area contributed by atoms with E-state index in [-0.39, 0.29) is 17.9 Å². The maximum atomic E-state index is 13.0. The quantitative estimate of drug-likeness (QED) is 0.911. The van der Waals surface area contributed by atoms with Crippen molar-refractivity contribution in [1.29, 1.82) is 0 Å². The van der Waals surface area contributed by atoms with Gasteiger partial charge in [-0.3, -0.25) is 0 Å². The molecule has 0 spiro atoms. The number of fused-ring (bicyclic) bond motifs is 1. The zero-order chi connectivity index (χ0) is 17.2. The van der Waals surface area contributed by atoms with E-state index in [2.05, 4.69) is 28.4 Å². The van der Waals surface area contributed by atoms with Crippen molar-refractivity contribution in [3.63, 3.8) is 0 Å². The number of rotatable bonds is 2. The molecule has 2 amide bonds. The molecular formula is C20H22FN3O. The molecule has 0 bridgehead atoms. The topological polar surface area (TPSA) is 35.6 Å². The van der Waals surface area contributed by atoms with Crippen molar-refractivity contribution >= 4 is 11.7 Å². The molecule has 2 aromatic rings. The fourth-order valence-corrected chi connectivity index (χ4v) is 3.77. The zero-order valence-electron chi connectivity index (χ0n) is 14.1. The number of piperazine rings is 1. The predicted octanol–water partition coefficient (Wildman–Crippen LogP) is 3.34. The lowest BCUT2D eigenvalue weighted by Crippen LogP contribution is -2.52. The van der Waals surface area contributed by atoms with Gasteiger partial charge in [-0.2, -0.15) is 0 Å². The lowest BCUT2D eigenvalue weighted by Gasteiger charge is -2.36. The monoisotopic (exact) mass is 339 g/mol. The maximum Gasteiger partial charge on any atom is 0.318 e. The molecule has 1 atom stereocenters. The third kappa shape index (κ3) is 3.31. The lowest BCUT2D eigenvalue weighted by molar-refractivity contribution is 0.190. The summed E-state index contributed by atoms with van der Waals surface area (Å²) < 4.78 is 13.0. The molecule has 1 saturated heterocycles. The molecule has 1 fully saturated rings. The van der Waals surface area contributed by atoms with Crippen molar-refractivity contribution in [2.75, 3.05) is 31.1 Å². The molecule has 1 N–H and O–H groups in total. The predicted molar refractivity (Wildman–Crippen MR) is 96.2 cm³/mol. The van der Waals surface area contributed by atoms with Gasteiger partial charge in [-0.15, -0.1) is 0 Å². The molecule has 25 heavy (non-hydrogen) atoms. The number of anilines is 1. The van der Waals surface area contributed by atoms with Gasteiger partial charge in [0.2, 0.25) is 0 Å². The van der Waals surface area contributed by atoms with Crippen molar-refractivity contribution in [2.45, 2.75) is 18.9 Å². The number of hydrogen-bond donors (Lipinski definition) is 1. The summed E-state index contributed by atoms with van der Waals surface area (Å²) in [6.07, 6.45) is 2.00. The second-order valence-corrected chi connectivity index (χ2v) is 6.69. The highest BCUT2D eigenvalue weighted by Gasteiger charge is 2.27. The summed E-state index contributed by atoms with van der Waals surface area (Å²) in [7, 11) is 0. The number of urea groups is 1. The summed E-state index contributed by atoms with van der Waals surface area (Å²) in [6, 6.07) is 15.0. The Morgan fingerprint density at radius 2 is 1.72 bits per heavy atom. The first kappa shape index (κ1) is 15.9. The molecular weight excluding hydrogens is 317 g/mol. The van der Waals surface area contributed by atoms with Crippen LogP contribution >= 0.6 is 0 Å². The van der Waals surface area contributed by atoms with Gasteiger partial charge in [0.25, 0.3) is 0 Å². The molecule has 4 nitrogen and oxygen atoms in total. The largest absolute Gasteiger partial charge is 0.368 e. The number of carbonyl (C=O) groups is 1. The van der Waals surface area contributed by atoms with Gasteiger partial charge in [0.05, 0.1) is 6.04 Å². The van der Waals surface area contributed by atoms with E-state index in [1.807, 2.05) is 11.0 Å². The van der Waals surface area contributed by atoms with Crippen LogP contribution in [0.3, 0.4) is 0 Å². The van der Waals surface area contributed by atoms with Gasteiger partial charge in [0, 0.05) is 31.9 Å². The molecule has 1 heterocycles. The molecule has 0 radical (unpaired) electrons. The Morgan fingerprint density at radius 1 is 1.00 bits per heavy atom. The second-order valence-electron chi connectivity index (χ2n) is 6.69. The molecule has 1 unspecified atom stereocenters. The van der Waals surface area contributed by atoms with Crippen molar-refractivity contribution < 1.29 is 9.18 Å². The highest BCUT2D eigenvalue weighted by molar-refractivity contribution is 5.75. The van der Waals surface area contributed by atoms with Gasteiger partial charge >= 0.3 is 6.03 Å². The molecule has 1 aliphatic heterocycles. The van der Waals surface area contributed by atoms with E-state index in [1.165, 1.54) is 23.3 Å². The van der Waals surface area contributed by atoms with E-state index >= 15 is 0 Å². The summed E-state index contributed by atoms with van der Waals surface area (Å²) in [4.78, 5) is 16.7. The molecule has 5 heteroatoms. The Hall–Kier alpha value is -2.56. The number of amides is 2. The fourth-order valence-electron chi connectivity index (χ4n) is 3.77. The van der Waals surface area contributed by atoms with Crippen LogP contribution in [0, 0.1) is 5.82 Å². The minimum absolute atomic E-state index is 0.0143. The van der Waals surface area contributed by atoms with Gasteiger partial charge < -0.3 is 15.1 Å². The summed E-state index contributed by atoms with van der Waals surface area (Å²) in [6.45, 7) is 2.88. The molecule has 130 valence electrons. The van der Waals surface area contributed by atoms with E-state index in [0.29, 0.717) is 13.1 Å². The van der Waals surface area contributed by atoms with Crippen LogP contribution in [-0.4, -0.2) is 37.1 Å². The standard InChI is InChI=1S/C20H22FN3O/c21-16-6-8-17(9-7-16)23-11-13-24(14-12-23)20(25)22-19-10-5-15-3-1-2-4-18(15)19/h1-4,6-9,19H,5,10-14H2,(H,22,25). The van der Waals surface area contributed by atoms with Crippen LogP contribution in [0.4, 0.5) is 14.9 Å². The average Bonchev–Trinajstić information content (AvgIpc) is 3.06. The highest BCUT2D eigenvalue weighted by Crippen LogP contribution is 2.30. The SMILES string of the molecule is O=C(NC1CCc2ccccc21)N1CCN(c2ccc(F)cc2)CC1. The zero-order valence-corrected chi connectivity index (χ0v) is 14.1. The smallest absolute Gasteiger partial charge is 0.318 e. The Balaban J connectivity index is 1.33. The Kier molecular flexibility index (Phi) is 4.30. The molecule has 2 aliphatic rings. The van der Waals surface area contributed by atoms with Gasteiger partial charge in [-0.1, -0.05) is 24.3 Å². The number of halogens is 1. The minimum atomic E-state index is -0.224. The minimum Gasteiger partial charge on any atom is -0.368 e. The number of aryl methyl sites for hydroxylation is 1. The number of hydrogen-bond acceptors (Lipinski definition) is 2. The number of nitrogens with zero attached hydrogens (tertiary/aromatic N) is 2. The first-order chi connectivity index (χ1) is 12.2. The summed E-state index contributed by atoms with van der Waals surface area (Å²) in [5.41, 5.74) is 3.60. The van der Waals surface area contributed by atoms with Crippen LogP contribution in [0.15, 0.2) is 48.5 Å². The van der Waals surface area contributed by atoms with E-state index in [1.54, 1.807) is 12.1 Å². The van der Waals surface area contributed by atoms with Gasteiger partial charge in [0.1, 0.15) is 5.82 Å². The van der Waals surface area contributed by atoms with Crippen molar-refractivity contribution in [3.05, 3.63) is 65.5 Å². The van der Waals surface area contributed by atoms with Gasteiger partial charge in [-0.25, -0.2) is 9.18 Å². The van der Waals surface area contributed by atoms with E-state index in [0.717, 1.165) is 31.6 Å². The normalized spacial score (nSPS) is 19.6. The van der Waals surface area contributed by atoms with Crippen LogP contribution in [-0.2, 0) is 6.42 Å². The van der Waals surface area contributed by atoms with E-state index in [4.69, 9.17) is 0 Å². The number of carbonyl (C=O) groups excluding carboxylic acids is 1. The Bertz CT molecular complexity index is 754. The van der Waals surface area contributed by atoms with E-state index < -0.39 is 0 Å². The van der Waals surface area contributed by atoms with Crippen molar-refractivity contribution in [2.24, 2.45) is 0 Å². The van der Waals surface area contributed by atoms with E-state index in [9.17, 15) is 9.18 Å². The van der Waals surface area contributed by atoms with Crippen LogP contribution in [0.2, 0.25) is 0 Å². The maximum absolute atomic E-state index is 13.0. The van der Waals surface area contributed by atoms with Crippen LogP contribution in [0.5, 0.6) is 0 Å². The molecule has 0 saturated carbocycles. The third-order valence-corrected chi connectivity index (χ3v) is 5.19. The molecule has 2 aromatic carbocycles. The first-order valence-electron chi connectivity index (χ1n) is 8.84. The highest BCUT2D eigenvalue weighted by atomic mass is 19.1. The Labute approximate surface area is 147 Å². The summed E-state index contributed by atoms with van der Waals surface area (Å²) >= 11 is 0. The van der Waals surface area contributed by atoms with Gasteiger partial charge in [-0.05, 0) is 48.2 Å². The summed E-state index contributed by atoms with van der Waals surface area (Å²) in [5.74, 6) is -0.224. The van der Waals surface area contributed by atoms with Crippen LogP contribution < -0.4 is 10.2 Å². The number of nitrogens with one attached hydrogen (secondary N) is 1. The van der Waals surface area contributed by atoms with Crippen molar-refractivity contribution in [1.82, 2.24) is 10.2 Å². The second kappa shape index (κ2) is 6.75.